The Labute approximate surface area is 141 Å². The maximum Gasteiger partial charge on any atom is 0.181 e. The number of halogens is 1. The number of rotatable bonds is 7. The highest BCUT2D eigenvalue weighted by Gasteiger charge is 2.17. The van der Waals surface area contributed by atoms with Crippen LogP contribution in [0.3, 0.4) is 0 Å². The minimum absolute atomic E-state index is 0.148. The summed E-state index contributed by atoms with van der Waals surface area (Å²) >= 11 is 0. The predicted molar refractivity (Wildman–Crippen MR) is 91.2 cm³/mol. The number of aromatic amines is 1. The minimum atomic E-state index is 0.148. The summed E-state index contributed by atoms with van der Waals surface area (Å²) in [5.41, 5.74) is 6.75. The molecule has 0 saturated heterocycles. The fourth-order valence-electron chi connectivity index (χ4n) is 3.01. The summed E-state index contributed by atoms with van der Waals surface area (Å²) in [4.78, 5) is 4.59. The number of hydrogen-bond donors (Lipinski definition) is 2. The Morgan fingerprint density at radius 1 is 1.29 bits per heavy atom. The van der Waals surface area contributed by atoms with Gasteiger partial charge in [0.2, 0.25) is 0 Å². The van der Waals surface area contributed by atoms with Gasteiger partial charge in [-0.05, 0) is 30.2 Å². The maximum absolute atomic E-state index is 12.5. The molecule has 6 heteroatoms. The number of nitrogens with two attached hydrogens (primary N) is 1. The zero-order chi connectivity index (χ0) is 16.8. The van der Waals surface area contributed by atoms with Crippen LogP contribution in [0.4, 0.5) is 4.39 Å². The Morgan fingerprint density at radius 2 is 2.04 bits per heavy atom. The topological polar surface area (TPSA) is 76.8 Å². The Balaban J connectivity index is 1.60. The van der Waals surface area contributed by atoms with E-state index in [0.29, 0.717) is 23.5 Å². The molecule has 3 rings (SSSR count). The first-order valence-electron chi connectivity index (χ1n) is 8.41. The lowest BCUT2D eigenvalue weighted by molar-refractivity contribution is 0.347. The van der Waals surface area contributed by atoms with Crippen LogP contribution in [0.25, 0.3) is 11.4 Å². The van der Waals surface area contributed by atoms with E-state index >= 15 is 0 Å². The molecule has 1 aliphatic rings. The number of H-pyrrole nitrogens is 1. The van der Waals surface area contributed by atoms with Crippen molar-refractivity contribution in [1.82, 2.24) is 15.2 Å². The molecule has 0 bridgehead atoms. The molecule has 0 amide bonds. The van der Waals surface area contributed by atoms with Crippen molar-refractivity contribution >= 4 is 0 Å². The number of ether oxygens (including phenoxy) is 1. The van der Waals surface area contributed by atoms with Gasteiger partial charge in [-0.2, -0.15) is 5.10 Å². The molecule has 0 unspecified atom stereocenters. The highest BCUT2D eigenvalue weighted by Crippen LogP contribution is 2.27. The van der Waals surface area contributed by atoms with Crippen molar-refractivity contribution < 1.29 is 9.13 Å². The van der Waals surface area contributed by atoms with Crippen LogP contribution >= 0.6 is 0 Å². The molecule has 1 aromatic heterocycles. The molecule has 0 atom stereocenters. The smallest absolute Gasteiger partial charge is 0.181 e. The van der Waals surface area contributed by atoms with Crippen LogP contribution in [0.1, 0.15) is 31.5 Å². The van der Waals surface area contributed by atoms with E-state index in [1.165, 1.54) is 25.7 Å². The number of aromatic nitrogens is 3. The standard InChI is InChI=1S/C18H23FN4O/c19-10-14(11-20)12-24-16-7-5-15(6-8-16)18-21-17(22-23-18)9-13-3-1-2-4-13/h5-8,10,13H,1-4,9,11-12,20H2,(H,21,22,23)/b14-10-. The summed E-state index contributed by atoms with van der Waals surface area (Å²) < 4.78 is 17.9. The van der Waals surface area contributed by atoms with Gasteiger partial charge in [0.05, 0.1) is 6.33 Å². The molecular formula is C18H23FN4O. The lowest BCUT2D eigenvalue weighted by Gasteiger charge is -2.07. The molecule has 2 aromatic rings. The summed E-state index contributed by atoms with van der Waals surface area (Å²) in [6, 6.07) is 7.46. The molecule has 1 saturated carbocycles. The van der Waals surface area contributed by atoms with Crippen LogP contribution in [0.2, 0.25) is 0 Å². The van der Waals surface area contributed by atoms with Crippen LogP contribution in [0.15, 0.2) is 36.2 Å². The average Bonchev–Trinajstić information content (AvgIpc) is 3.29. The van der Waals surface area contributed by atoms with Crippen molar-refractivity contribution in [1.29, 1.82) is 0 Å². The molecule has 3 N–H and O–H groups in total. The highest BCUT2D eigenvalue weighted by molar-refractivity contribution is 5.55. The lowest BCUT2D eigenvalue weighted by Crippen LogP contribution is -2.10. The first-order chi connectivity index (χ1) is 11.8. The van der Waals surface area contributed by atoms with E-state index in [-0.39, 0.29) is 13.2 Å². The third-order valence-corrected chi connectivity index (χ3v) is 4.44. The number of benzene rings is 1. The van der Waals surface area contributed by atoms with Gasteiger partial charge in [0.15, 0.2) is 5.82 Å². The van der Waals surface area contributed by atoms with Crippen molar-refractivity contribution in [2.75, 3.05) is 13.2 Å². The average molecular weight is 330 g/mol. The minimum Gasteiger partial charge on any atom is -0.489 e. The van der Waals surface area contributed by atoms with Gasteiger partial charge in [-0.3, -0.25) is 5.10 Å². The van der Waals surface area contributed by atoms with Gasteiger partial charge >= 0.3 is 0 Å². The van der Waals surface area contributed by atoms with Crippen LogP contribution in [0.5, 0.6) is 5.75 Å². The number of nitrogens with one attached hydrogen (secondary N) is 1. The summed E-state index contributed by atoms with van der Waals surface area (Å²) in [6.07, 6.45) is 6.72. The fourth-order valence-corrected chi connectivity index (χ4v) is 3.01. The predicted octanol–water partition coefficient (Wildman–Crippen LogP) is 3.40. The van der Waals surface area contributed by atoms with E-state index in [9.17, 15) is 4.39 Å². The Hall–Kier alpha value is -2.21. The van der Waals surface area contributed by atoms with E-state index in [0.717, 1.165) is 23.7 Å². The van der Waals surface area contributed by atoms with Crippen molar-refractivity contribution in [3.8, 4) is 17.1 Å². The summed E-state index contributed by atoms with van der Waals surface area (Å²) in [6.45, 7) is 0.300. The molecule has 0 aliphatic heterocycles. The van der Waals surface area contributed by atoms with Crippen molar-refractivity contribution in [3.63, 3.8) is 0 Å². The maximum atomic E-state index is 12.5. The Bertz CT molecular complexity index is 675. The summed E-state index contributed by atoms with van der Waals surface area (Å²) in [5.74, 6) is 3.05. The second-order valence-corrected chi connectivity index (χ2v) is 6.24. The molecule has 1 heterocycles. The molecule has 1 fully saturated rings. The van der Waals surface area contributed by atoms with Gasteiger partial charge in [0, 0.05) is 24.1 Å². The van der Waals surface area contributed by atoms with Gasteiger partial charge in [-0.25, -0.2) is 9.37 Å². The monoisotopic (exact) mass is 330 g/mol. The van der Waals surface area contributed by atoms with Gasteiger partial charge < -0.3 is 10.5 Å². The molecule has 1 aliphatic carbocycles. The molecule has 24 heavy (non-hydrogen) atoms. The number of nitrogens with zero attached hydrogens (tertiary/aromatic N) is 2. The summed E-state index contributed by atoms with van der Waals surface area (Å²) in [7, 11) is 0. The van der Waals surface area contributed by atoms with Crippen LogP contribution in [0, 0.1) is 5.92 Å². The quantitative estimate of drug-likeness (QED) is 0.816. The molecular weight excluding hydrogens is 307 g/mol. The van der Waals surface area contributed by atoms with E-state index in [1.54, 1.807) is 0 Å². The van der Waals surface area contributed by atoms with Crippen molar-refractivity contribution in [2.45, 2.75) is 32.1 Å². The van der Waals surface area contributed by atoms with Gasteiger partial charge in [-0.1, -0.05) is 25.7 Å². The first-order valence-corrected chi connectivity index (χ1v) is 8.41. The second-order valence-electron chi connectivity index (χ2n) is 6.24. The first kappa shape index (κ1) is 16.6. The van der Waals surface area contributed by atoms with Crippen LogP contribution in [-0.4, -0.2) is 28.3 Å². The van der Waals surface area contributed by atoms with Crippen molar-refractivity contribution in [2.24, 2.45) is 11.7 Å². The van der Waals surface area contributed by atoms with E-state index < -0.39 is 0 Å². The summed E-state index contributed by atoms with van der Waals surface area (Å²) in [5, 5.41) is 7.35. The number of hydrogen-bond acceptors (Lipinski definition) is 4. The Morgan fingerprint density at radius 3 is 2.71 bits per heavy atom. The molecule has 0 radical (unpaired) electrons. The van der Waals surface area contributed by atoms with Crippen molar-refractivity contribution in [3.05, 3.63) is 42.0 Å². The molecule has 0 spiro atoms. The lowest BCUT2D eigenvalue weighted by atomic mass is 10.0. The van der Waals surface area contributed by atoms with Gasteiger partial charge in [0.1, 0.15) is 18.2 Å². The van der Waals surface area contributed by atoms with Crippen LogP contribution < -0.4 is 10.5 Å². The van der Waals surface area contributed by atoms with E-state index in [1.807, 2.05) is 24.3 Å². The normalized spacial score (nSPS) is 15.8. The second kappa shape index (κ2) is 8.06. The van der Waals surface area contributed by atoms with E-state index in [4.69, 9.17) is 10.5 Å². The van der Waals surface area contributed by atoms with Crippen LogP contribution in [-0.2, 0) is 6.42 Å². The molecule has 5 nitrogen and oxygen atoms in total. The Kier molecular flexibility index (Phi) is 5.59. The molecule has 128 valence electrons. The zero-order valence-electron chi connectivity index (χ0n) is 13.7. The largest absolute Gasteiger partial charge is 0.489 e. The fraction of sp³-hybridized carbons (Fsp3) is 0.444. The molecule has 1 aromatic carbocycles. The van der Waals surface area contributed by atoms with Gasteiger partial charge in [0.25, 0.3) is 0 Å². The third kappa shape index (κ3) is 4.20. The highest BCUT2D eigenvalue weighted by atomic mass is 19.1. The van der Waals surface area contributed by atoms with Gasteiger partial charge in [-0.15, -0.1) is 0 Å². The SMILES string of the molecule is NC/C(=C/F)COc1ccc(-c2n[nH]c(CC3CCCC3)n2)cc1. The zero-order valence-corrected chi connectivity index (χ0v) is 13.7. The van der Waals surface area contributed by atoms with E-state index in [2.05, 4.69) is 15.2 Å². The third-order valence-electron chi connectivity index (χ3n) is 4.44.